The Labute approximate surface area is 147 Å². The van der Waals surface area contributed by atoms with Crippen LogP contribution in [0.4, 0.5) is 0 Å². The number of carbonyl (C=O) groups is 1. The molecule has 4 rings (SSSR count). The minimum absolute atomic E-state index is 0.205. The molecule has 0 saturated heterocycles. The van der Waals surface area contributed by atoms with E-state index >= 15 is 0 Å². The Morgan fingerprint density at radius 3 is 2.67 bits per heavy atom. The lowest BCUT2D eigenvalue weighted by Crippen LogP contribution is -2.55. The molecular formula is C22H34O2. The van der Waals surface area contributed by atoms with E-state index in [1.165, 1.54) is 25.7 Å². The van der Waals surface area contributed by atoms with Crippen LogP contribution in [0.5, 0.6) is 0 Å². The lowest BCUT2D eigenvalue weighted by atomic mass is 9.45. The van der Waals surface area contributed by atoms with Crippen LogP contribution < -0.4 is 0 Å². The Morgan fingerprint density at radius 1 is 1.17 bits per heavy atom. The number of ketones is 1. The Morgan fingerprint density at radius 2 is 1.92 bits per heavy atom. The van der Waals surface area contributed by atoms with Crippen molar-refractivity contribution in [3.63, 3.8) is 0 Å². The molecule has 0 spiro atoms. The fraction of sp³-hybridized carbons (Fsp3) is 0.864. The first-order valence-corrected chi connectivity index (χ1v) is 10.2. The predicted octanol–water partition coefficient (Wildman–Crippen LogP) is 4.62. The van der Waals surface area contributed by atoms with Crippen molar-refractivity contribution in [3.05, 3.63) is 12.2 Å². The second-order valence-corrected chi connectivity index (χ2v) is 9.91. The SMILES string of the molecule is C[C@H](CO)[C@H]1CC[C@H]2[C@@H]3CC(=O)[C@H]4CC=CC[C@]4(C)[C@H]3CC[C@]12C. The van der Waals surface area contributed by atoms with Crippen LogP contribution in [0.3, 0.4) is 0 Å². The monoisotopic (exact) mass is 330 g/mol. The summed E-state index contributed by atoms with van der Waals surface area (Å²) in [5, 5.41) is 9.71. The van der Waals surface area contributed by atoms with Crippen molar-refractivity contribution in [2.75, 3.05) is 6.61 Å². The predicted molar refractivity (Wildman–Crippen MR) is 96.4 cm³/mol. The molecule has 0 amide bonds. The largest absolute Gasteiger partial charge is 0.396 e. The van der Waals surface area contributed by atoms with Crippen molar-refractivity contribution >= 4 is 5.78 Å². The van der Waals surface area contributed by atoms with Gasteiger partial charge in [-0.1, -0.05) is 32.9 Å². The molecule has 0 aromatic rings. The summed E-state index contributed by atoms with van der Waals surface area (Å²) in [5.41, 5.74) is 0.550. The molecule has 0 unspecified atom stereocenters. The third-order valence-electron chi connectivity index (χ3n) is 9.05. The normalized spacial score (nSPS) is 51.7. The van der Waals surface area contributed by atoms with Crippen LogP contribution in [0.2, 0.25) is 0 Å². The van der Waals surface area contributed by atoms with Gasteiger partial charge < -0.3 is 5.11 Å². The third kappa shape index (κ3) is 2.14. The smallest absolute Gasteiger partial charge is 0.137 e. The first-order chi connectivity index (χ1) is 11.4. The van der Waals surface area contributed by atoms with Gasteiger partial charge in [-0.25, -0.2) is 0 Å². The van der Waals surface area contributed by atoms with Gasteiger partial charge in [0.1, 0.15) is 5.78 Å². The van der Waals surface area contributed by atoms with Crippen LogP contribution in [0.25, 0.3) is 0 Å². The van der Waals surface area contributed by atoms with Crippen molar-refractivity contribution in [1.82, 2.24) is 0 Å². The Bertz CT molecular complexity index is 552. The van der Waals surface area contributed by atoms with E-state index in [0.717, 1.165) is 25.2 Å². The van der Waals surface area contributed by atoms with Crippen molar-refractivity contribution in [1.29, 1.82) is 0 Å². The maximum absolute atomic E-state index is 13.0. The number of carbonyl (C=O) groups excluding carboxylic acids is 1. The summed E-state index contributed by atoms with van der Waals surface area (Å²) >= 11 is 0. The molecule has 0 aliphatic heterocycles. The fourth-order valence-corrected chi connectivity index (χ4v) is 7.76. The van der Waals surface area contributed by atoms with Crippen LogP contribution in [0.15, 0.2) is 12.2 Å². The lowest BCUT2D eigenvalue weighted by molar-refractivity contribution is -0.149. The minimum Gasteiger partial charge on any atom is -0.396 e. The van der Waals surface area contributed by atoms with Gasteiger partial charge in [-0.3, -0.25) is 4.79 Å². The Kier molecular flexibility index (Phi) is 3.99. The molecule has 134 valence electrons. The van der Waals surface area contributed by atoms with E-state index in [0.29, 0.717) is 41.5 Å². The molecule has 0 aromatic carbocycles. The second kappa shape index (κ2) is 5.69. The average Bonchev–Trinajstić information content (AvgIpc) is 2.91. The maximum Gasteiger partial charge on any atom is 0.137 e. The molecule has 0 radical (unpaired) electrons. The zero-order valence-corrected chi connectivity index (χ0v) is 15.6. The number of aliphatic hydroxyl groups is 1. The van der Waals surface area contributed by atoms with Gasteiger partial charge in [0.15, 0.2) is 0 Å². The molecule has 8 atom stereocenters. The van der Waals surface area contributed by atoms with Crippen molar-refractivity contribution in [3.8, 4) is 0 Å². The molecule has 4 aliphatic rings. The van der Waals surface area contributed by atoms with Gasteiger partial charge in [0, 0.05) is 18.9 Å². The summed E-state index contributed by atoms with van der Waals surface area (Å²) in [6.07, 6.45) is 12.6. The van der Waals surface area contributed by atoms with Gasteiger partial charge in [0.2, 0.25) is 0 Å². The molecule has 3 saturated carbocycles. The average molecular weight is 331 g/mol. The highest BCUT2D eigenvalue weighted by atomic mass is 16.3. The molecule has 24 heavy (non-hydrogen) atoms. The number of allylic oxidation sites excluding steroid dienone is 2. The van der Waals surface area contributed by atoms with Gasteiger partial charge in [0.25, 0.3) is 0 Å². The number of hydrogen-bond donors (Lipinski definition) is 1. The number of fused-ring (bicyclic) bond motifs is 5. The summed E-state index contributed by atoms with van der Waals surface area (Å²) in [4.78, 5) is 13.0. The highest BCUT2D eigenvalue weighted by Gasteiger charge is 2.61. The van der Waals surface area contributed by atoms with Gasteiger partial charge in [0.05, 0.1) is 0 Å². The second-order valence-electron chi connectivity index (χ2n) is 9.91. The van der Waals surface area contributed by atoms with E-state index in [1.54, 1.807) is 0 Å². The molecule has 3 fully saturated rings. The summed E-state index contributed by atoms with van der Waals surface area (Å²) in [7, 11) is 0. The standard InChI is InChI=1S/C22H34O2/c1-14(13-23)16-7-8-17-15-12-20(24)19-6-4-5-10-21(19,2)18(15)9-11-22(16,17)3/h4-5,14-19,23H,6-13H2,1-3H3/t14-,15+,16-,17+,18+,19-,21-,22-/m1/s1. The topological polar surface area (TPSA) is 37.3 Å². The first-order valence-electron chi connectivity index (χ1n) is 10.2. The van der Waals surface area contributed by atoms with E-state index in [-0.39, 0.29) is 11.3 Å². The van der Waals surface area contributed by atoms with Crippen LogP contribution in [0.1, 0.15) is 65.7 Å². The summed E-state index contributed by atoms with van der Waals surface area (Å²) in [6, 6.07) is 0. The van der Waals surface area contributed by atoms with Gasteiger partial charge in [-0.05, 0) is 78.9 Å². The number of rotatable bonds is 2. The van der Waals surface area contributed by atoms with Crippen molar-refractivity contribution < 1.29 is 9.90 Å². The fourth-order valence-electron chi connectivity index (χ4n) is 7.76. The summed E-state index contributed by atoms with van der Waals surface area (Å²) in [5.74, 6) is 3.89. The molecule has 0 aromatic heterocycles. The van der Waals surface area contributed by atoms with E-state index in [9.17, 15) is 9.90 Å². The van der Waals surface area contributed by atoms with Gasteiger partial charge in [-0.2, -0.15) is 0 Å². The van der Waals surface area contributed by atoms with E-state index in [4.69, 9.17) is 0 Å². The molecule has 1 N–H and O–H groups in total. The third-order valence-corrected chi connectivity index (χ3v) is 9.05. The first kappa shape index (κ1) is 16.8. The molecule has 0 bridgehead atoms. The quantitative estimate of drug-likeness (QED) is 0.750. The van der Waals surface area contributed by atoms with Crippen LogP contribution in [-0.2, 0) is 4.79 Å². The molecule has 0 heterocycles. The summed E-state index contributed by atoms with van der Waals surface area (Å²) < 4.78 is 0. The molecular weight excluding hydrogens is 296 g/mol. The van der Waals surface area contributed by atoms with Gasteiger partial charge in [-0.15, -0.1) is 0 Å². The highest BCUT2D eigenvalue weighted by molar-refractivity contribution is 5.83. The van der Waals surface area contributed by atoms with E-state index in [1.807, 2.05) is 0 Å². The van der Waals surface area contributed by atoms with E-state index < -0.39 is 0 Å². The Balaban J connectivity index is 1.66. The Hall–Kier alpha value is -0.630. The van der Waals surface area contributed by atoms with Crippen molar-refractivity contribution in [2.24, 2.45) is 46.3 Å². The zero-order valence-electron chi connectivity index (χ0n) is 15.6. The highest BCUT2D eigenvalue weighted by Crippen LogP contribution is 2.67. The molecule has 2 heteroatoms. The molecule has 4 aliphatic carbocycles. The molecule has 2 nitrogen and oxygen atoms in total. The van der Waals surface area contributed by atoms with Crippen LogP contribution in [-0.4, -0.2) is 17.5 Å². The van der Waals surface area contributed by atoms with Crippen LogP contribution in [0, 0.1) is 46.3 Å². The number of aliphatic hydroxyl groups excluding tert-OH is 1. The maximum atomic E-state index is 13.0. The summed E-state index contributed by atoms with van der Waals surface area (Å²) in [6.45, 7) is 7.43. The van der Waals surface area contributed by atoms with Crippen molar-refractivity contribution in [2.45, 2.75) is 65.7 Å². The number of hydrogen-bond acceptors (Lipinski definition) is 2. The van der Waals surface area contributed by atoms with E-state index in [2.05, 4.69) is 32.9 Å². The number of Topliss-reactive ketones (excluding diaryl/α,β-unsaturated/α-hetero) is 1. The minimum atomic E-state index is 0.205. The van der Waals surface area contributed by atoms with Crippen LogP contribution >= 0.6 is 0 Å². The lowest BCUT2D eigenvalue weighted by Gasteiger charge is -2.59. The zero-order chi connectivity index (χ0) is 17.1. The van der Waals surface area contributed by atoms with Gasteiger partial charge >= 0.3 is 0 Å².